The molecule has 0 spiro atoms. The van der Waals surface area contributed by atoms with Crippen LogP contribution in [-0.2, 0) is 4.74 Å². The fourth-order valence-electron chi connectivity index (χ4n) is 4.72. The van der Waals surface area contributed by atoms with Crippen molar-refractivity contribution in [1.82, 2.24) is 9.97 Å². The Morgan fingerprint density at radius 2 is 1.97 bits per heavy atom. The normalized spacial score (nSPS) is 21.1. The van der Waals surface area contributed by atoms with E-state index in [1.807, 2.05) is 6.07 Å². The molecule has 2 aliphatic rings. The first-order chi connectivity index (χ1) is 17.2. The van der Waals surface area contributed by atoms with Crippen molar-refractivity contribution >= 4 is 49.5 Å². The number of nitrogens with two attached hydrogens (primary N) is 2. The Balaban J connectivity index is 1.40. The summed E-state index contributed by atoms with van der Waals surface area (Å²) in [4.78, 5) is 25.6. The molecule has 0 bridgehead atoms. The van der Waals surface area contributed by atoms with Crippen LogP contribution in [0, 0.1) is 5.92 Å². The number of nitrogens with zero attached hydrogens (tertiary/aromatic N) is 4. The van der Waals surface area contributed by atoms with Gasteiger partial charge in [0.25, 0.3) is 5.91 Å². The van der Waals surface area contributed by atoms with E-state index in [1.54, 1.807) is 17.2 Å². The number of pyridine rings is 2. The monoisotopic (exact) mass is 521 g/mol. The molecule has 2 fully saturated rings. The molecule has 36 heavy (non-hydrogen) atoms. The molecule has 0 aromatic carbocycles. The molecule has 2 aliphatic heterocycles. The lowest BCUT2D eigenvalue weighted by Gasteiger charge is -2.39. The van der Waals surface area contributed by atoms with E-state index < -0.39 is 24.0 Å². The van der Waals surface area contributed by atoms with Crippen LogP contribution < -0.4 is 26.6 Å². The second-order valence-electron chi connectivity index (χ2n) is 8.97. The summed E-state index contributed by atoms with van der Waals surface area (Å²) < 4.78 is 46.5. The molecular weight excluding hydrogens is 495 g/mol. The van der Waals surface area contributed by atoms with Crippen molar-refractivity contribution < 1.29 is 22.7 Å². The number of anilines is 4. The molecule has 1 amide bonds. The molecule has 13 heteroatoms. The van der Waals surface area contributed by atoms with Gasteiger partial charge in [0.2, 0.25) is 0 Å². The lowest BCUT2D eigenvalue weighted by atomic mass is 9.93. The maximum absolute atomic E-state index is 13.4. The van der Waals surface area contributed by atoms with Gasteiger partial charge in [-0.1, -0.05) is 0 Å². The van der Waals surface area contributed by atoms with Crippen LogP contribution in [0.1, 0.15) is 16.8 Å². The van der Waals surface area contributed by atoms with Gasteiger partial charge in [0.05, 0.1) is 58.8 Å². The van der Waals surface area contributed by atoms with Crippen molar-refractivity contribution in [2.45, 2.75) is 18.6 Å². The number of morpholine rings is 1. The number of fused-ring (bicyclic) bond motifs is 1. The Hall–Kier alpha value is -3.16. The smallest absolute Gasteiger partial charge is 0.390 e. The fourth-order valence-corrected chi connectivity index (χ4v) is 5.68. The minimum Gasteiger partial charge on any atom is -0.390 e. The van der Waals surface area contributed by atoms with Crippen LogP contribution in [0.2, 0.25) is 0 Å². The van der Waals surface area contributed by atoms with Gasteiger partial charge in [0.1, 0.15) is 10.6 Å². The van der Waals surface area contributed by atoms with Gasteiger partial charge in [0.15, 0.2) is 0 Å². The number of nitrogens with one attached hydrogen (secondary N) is 1. The van der Waals surface area contributed by atoms with E-state index in [1.165, 1.54) is 23.7 Å². The van der Waals surface area contributed by atoms with Crippen LogP contribution in [0.15, 0.2) is 30.7 Å². The molecule has 3 aromatic rings. The molecule has 0 aliphatic carbocycles. The van der Waals surface area contributed by atoms with Crippen molar-refractivity contribution in [2.75, 3.05) is 60.2 Å². The Kier molecular flexibility index (Phi) is 6.62. The summed E-state index contributed by atoms with van der Waals surface area (Å²) in [5.41, 5.74) is 14.5. The molecule has 0 saturated carbocycles. The number of piperidine rings is 1. The predicted molar refractivity (Wildman–Crippen MR) is 134 cm³/mol. The summed E-state index contributed by atoms with van der Waals surface area (Å²) in [5, 5.41) is 3.09. The number of ether oxygens (including phenoxy) is 1. The lowest BCUT2D eigenvalue weighted by molar-refractivity contribution is -0.177. The minimum absolute atomic E-state index is 0.137. The first-order valence-corrected chi connectivity index (χ1v) is 12.4. The number of amides is 1. The zero-order chi connectivity index (χ0) is 25.4. The maximum atomic E-state index is 13.4. The van der Waals surface area contributed by atoms with Crippen molar-refractivity contribution in [3.8, 4) is 0 Å². The quantitative estimate of drug-likeness (QED) is 0.479. The van der Waals surface area contributed by atoms with Crippen LogP contribution >= 0.6 is 11.3 Å². The predicted octanol–water partition coefficient (Wildman–Crippen LogP) is 3.08. The third kappa shape index (κ3) is 4.90. The van der Waals surface area contributed by atoms with Gasteiger partial charge in [-0.3, -0.25) is 14.8 Å². The summed E-state index contributed by atoms with van der Waals surface area (Å²) in [6.45, 7) is 2.75. The molecule has 9 nitrogen and oxygen atoms in total. The van der Waals surface area contributed by atoms with Crippen molar-refractivity contribution in [3.05, 3.63) is 36.3 Å². The number of hydrogen-bond donors (Lipinski definition) is 3. The first kappa shape index (κ1) is 24.5. The van der Waals surface area contributed by atoms with E-state index in [0.29, 0.717) is 29.4 Å². The number of carbonyl (C=O) groups is 1. The van der Waals surface area contributed by atoms with Gasteiger partial charge in [-0.25, -0.2) is 0 Å². The third-order valence-corrected chi connectivity index (χ3v) is 7.43. The lowest BCUT2D eigenvalue weighted by Crippen LogP contribution is -2.51. The van der Waals surface area contributed by atoms with Crippen LogP contribution in [0.25, 0.3) is 10.2 Å². The van der Waals surface area contributed by atoms with E-state index in [0.717, 1.165) is 23.5 Å². The highest BCUT2D eigenvalue weighted by Gasteiger charge is 2.44. The average molecular weight is 522 g/mol. The first-order valence-electron chi connectivity index (χ1n) is 11.5. The highest BCUT2D eigenvalue weighted by atomic mass is 32.1. The second-order valence-corrected chi connectivity index (χ2v) is 10.1. The van der Waals surface area contributed by atoms with Crippen LogP contribution in [0.3, 0.4) is 0 Å². The molecule has 2 saturated heterocycles. The highest BCUT2D eigenvalue weighted by Crippen LogP contribution is 2.38. The number of alkyl halides is 3. The van der Waals surface area contributed by atoms with Crippen molar-refractivity contribution in [1.29, 1.82) is 0 Å². The number of nitrogen functional groups attached to an aromatic ring is 1. The maximum Gasteiger partial charge on any atom is 0.393 e. The van der Waals surface area contributed by atoms with E-state index in [4.69, 9.17) is 16.2 Å². The molecule has 192 valence electrons. The molecule has 2 atom stereocenters. The number of thiophene rings is 1. The molecule has 3 aromatic heterocycles. The van der Waals surface area contributed by atoms with Gasteiger partial charge >= 0.3 is 6.18 Å². The van der Waals surface area contributed by atoms with E-state index in [2.05, 4.69) is 20.2 Å². The molecule has 5 heterocycles. The molecule has 0 radical (unpaired) electrons. The average Bonchev–Trinajstić information content (AvgIpc) is 3.19. The van der Waals surface area contributed by atoms with E-state index in [9.17, 15) is 18.0 Å². The zero-order valence-electron chi connectivity index (χ0n) is 19.3. The van der Waals surface area contributed by atoms with Crippen LogP contribution in [0.4, 0.5) is 35.2 Å². The Morgan fingerprint density at radius 1 is 1.19 bits per heavy atom. The molecular formula is C23H26F3N7O2S. The molecule has 5 rings (SSSR count). The van der Waals surface area contributed by atoms with Gasteiger partial charge in [-0.2, -0.15) is 13.2 Å². The van der Waals surface area contributed by atoms with E-state index >= 15 is 0 Å². The van der Waals surface area contributed by atoms with Gasteiger partial charge in [0, 0.05) is 38.4 Å². The highest BCUT2D eigenvalue weighted by molar-refractivity contribution is 7.23. The number of halogens is 3. The Labute approximate surface area is 209 Å². The van der Waals surface area contributed by atoms with Crippen LogP contribution in [-0.4, -0.2) is 67.5 Å². The van der Waals surface area contributed by atoms with Crippen molar-refractivity contribution in [3.63, 3.8) is 0 Å². The largest absolute Gasteiger partial charge is 0.393 e. The fraction of sp³-hybridized carbons (Fsp3) is 0.435. The zero-order valence-corrected chi connectivity index (χ0v) is 20.1. The topological polar surface area (TPSA) is 123 Å². The van der Waals surface area contributed by atoms with Gasteiger partial charge in [-0.05, 0) is 18.6 Å². The third-order valence-electron chi connectivity index (χ3n) is 6.48. The minimum atomic E-state index is -4.36. The number of rotatable bonds is 4. The van der Waals surface area contributed by atoms with Gasteiger partial charge < -0.3 is 31.3 Å². The summed E-state index contributed by atoms with van der Waals surface area (Å²) >= 11 is 1.26. The summed E-state index contributed by atoms with van der Waals surface area (Å²) in [5.74, 6) is -2.06. The summed E-state index contributed by atoms with van der Waals surface area (Å²) in [6, 6.07) is 2.87. The SMILES string of the molecule is Nc1sc2cc(N3CCOCC3)cnc2c1C(=O)Nc1cnccc1N1C[C@H](N)C[C@H](C(F)(F)F)C1. The number of carbonyl (C=O) groups excluding carboxylic acids is 1. The van der Waals surface area contributed by atoms with E-state index in [-0.39, 0.29) is 30.8 Å². The number of hydrogen-bond acceptors (Lipinski definition) is 9. The standard InChI is InChI=1S/C23H26F3N7O2S/c24-23(25,26)13-7-14(27)12-33(11-13)17-1-2-29-10-16(17)31-22(34)19-20-18(36-21(19)28)8-15(9-30-20)32-3-5-35-6-4-32/h1-2,8-10,13-14H,3-7,11-12,27-28H2,(H,31,34)/t13-,14+/m0/s1. The number of aromatic nitrogens is 2. The Bertz CT molecular complexity index is 1260. The second kappa shape index (κ2) is 9.71. The van der Waals surface area contributed by atoms with Crippen molar-refractivity contribution in [2.24, 2.45) is 11.7 Å². The summed E-state index contributed by atoms with van der Waals surface area (Å²) in [6.07, 6.45) is 0.0881. The van der Waals surface area contributed by atoms with Crippen LogP contribution in [0.5, 0.6) is 0 Å². The summed E-state index contributed by atoms with van der Waals surface area (Å²) in [7, 11) is 0. The van der Waals surface area contributed by atoms with Gasteiger partial charge in [-0.15, -0.1) is 11.3 Å². The molecule has 0 unspecified atom stereocenters. The molecule has 5 N–H and O–H groups in total. The Morgan fingerprint density at radius 3 is 2.72 bits per heavy atom.